The van der Waals surface area contributed by atoms with E-state index in [4.69, 9.17) is 15.2 Å². The molecule has 0 spiro atoms. The monoisotopic (exact) mass is 274 g/mol. The van der Waals surface area contributed by atoms with Crippen molar-refractivity contribution >= 4 is 11.6 Å². The highest BCUT2D eigenvalue weighted by atomic mass is 16.5. The molecule has 0 aliphatic heterocycles. The zero-order valence-electron chi connectivity index (χ0n) is 11.4. The highest BCUT2D eigenvalue weighted by molar-refractivity contribution is 5.41. The van der Waals surface area contributed by atoms with E-state index in [9.17, 15) is 0 Å². The Morgan fingerprint density at radius 3 is 2.70 bits per heavy atom. The van der Waals surface area contributed by atoms with Crippen LogP contribution >= 0.6 is 0 Å². The molecule has 6 heteroatoms. The maximum Gasteiger partial charge on any atom is 0.226 e. The first-order chi connectivity index (χ1) is 9.78. The van der Waals surface area contributed by atoms with Gasteiger partial charge in [-0.15, -0.1) is 0 Å². The normalized spacial score (nSPS) is 10.1. The zero-order valence-corrected chi connectivity index (χ0v) is 11.4. The summed E-state index contributed by atoms with van der Waals surface area (Å²) in [4.78, 5) is 8.31. The molecule has 0 saturated heterocycles. The van der Waals surface area contributed by atoms with Crippen LogP contribution < -0.4 is 20.5 Å². The summed E-state index contributed by atoms with van der Waals surface area (Å²) in [6, 6.07) is 9.00. The molecule has 0 fully saturated rings. The van der Waals surface area contributed by atoms with E-state index >= 15 is 0 Å². The standard InChI is InChI=1S/C14H18N4O2/c1-2-19-13-7-8-16-14(18-13)17-9-10-20-12-5-3-11(15)4-6-12/h3-8H,2,9-10,15H2,1H3,(H,16,17,18). The van der Waals surface area contributed by atoms with E-state index in [1.54, 1.807) is 24.4 Å². The number of nitrogen functional groups attached to an aromatic ring is 1. The molecule has 1 aromatic carbocycles. The van der Waals surface area contributed by atoms with Crippen molar-refractivity contribution in [2.75, 3.05) is 30.8 Å². The predicted molar refractivity (Wildman–Crippen MR) is 78.0 cm³/mol. The van der Waals surface area contributed by atoms with Crippen LogP contribution in [0.25, 0.3) is 0 Å². The van der Waals surface area contributed by atoms with Crippen molar-refractivity contribution in [1.29, 1.82) is 0 Å². The molecular weight excluding hydrogens is 256 g/mol. The molecule has 0 saturated carbocycles. The van der Waals surface area contributed by atoms with Crippen molar-refractivity contribution in [2.24, 2.45) is 0 Å². The number of anilines is 2. The number of hydrogen-bond donors (Lipinski definition) is 2. The molecule has 106 valence electrons. The third-order valence-corrected chi connectivity index (χ3v) is 2.46. The summed E-state index contributed by atoms with van der Waals surface area (Å²) in [7, 11) is 0. The van der Waals surface area contributed by atoms with Crippen molar-refractivity contribution in [3.05, 3.63) is 36.5 Å². The lowest BCUT2D eigenvalue weighted by Gasteiger charge is -2.08. The van der Waals surface area contributed by atoms with Gasteiger partial charge in [0.1, 0.15) is 12.4 Å². The van der Waals surface area contributed by atoms with Crippen LogP contribution in [0.2, 0.25) is 0 Å². The first kappa shape index (κ1) is 13.9. The van der Waals surface area contributed by atoms with E-state index in [1.165, 1.54) is 0 Å². The molecule has 2 aromatic rings. The van der Waals surface area contributed by atoms with Gasteiger partial charge in [0.15, 0.2) is 0 Å². The second-order valence-electron chi connectivity index (χ2n) is 4.00. The first-order valence-corrected chi connectivity index (χ1v) is 6.46. The van der Waals surface area contributed by atoms with Crippen LogP contribution in [0.4, 0.5) is 11.6 Å². The van der Waals surface area contributed by atoms with Crippen LogP contribution in [0.15, 0.2) is 36.5 Å². The molecule has 6 nitrogen and oxygen atoms in total. The SMILES string of the molecule is CCOc1ccnc(NCCOc2ccc(N)cc2)n1. The molecule has 1 heterocycles. The smallest absolute Gasteiger partial charge is 0.226 e. The molecule has 0 bridgehead atoms. The number of nitrogens with zero attached hydrogens (tertiary/aromatic N) is 2. The van der Waals surface area contributed by atoms with Crippen molar-refractivity contribution in [2.45, 2.75) is 6.92 Å². The fourth-order valence-electron chi connectivity index (χ4n) is 1.55. The lowest BCUT2D eigenvalue weighted by molar-refractivity contribution is 0.325. The topological polar surface area (TPSA) is 82.3 Å². The van der Waals surface area contributed by atoms with E-state index in [0.717, 1.165) is 11.4 Å². The summed E-state index contributed by atoms with van der Waals surface area (Å²) >= 11 is 0. The summed E-state index contributed by atoms with van der Waals surface area (Å²) in [6.45, 7) is 3.60. The lowest BCUT2D eigenvalue weighted by atomic mass is 10.3. The highest BCUT2D eigenvalue weighted by Crippen LogP contribution is 2.13. The highest BCUT2D eigenvalue weighted by Gasteiger charge is 1.99. The Hall–Kier alpha value is -2.50. The summed E-state index contributed by atoms with van der Waals surface area (Å²) in [5.74, 6) is 1.87. The minimum atomic E-state index is 0.506. The maximum absolute atomic E-state index is 5.60. The van der Waals surface area contributed by atoms with Crippen molar-refractivity contribution in [3.8, 4) is 11.6 Å². The molecule has 3 N–H and O–H groups in total. The lowest BCUT2D eigenvalue weighted by Crippen LogP contribution is -2.13. The van der Waals surface area contributed by atoms with Crippen LogP contribution in [-0.2, 0) is 0 Å². The Morgan fingerprint density at radius 1 is 1.15 bits per heavy atom. The maximum atomic E-state index is 5.60. The summed E-state index contributed by atoms with van der Waals surface area (Å²) in [5, 5.41) is 3.07. The van der Waals surface area contributed by atoms with Gasteiger partial charge in [0.2, 0.25) is 11.8 Å². The Bertz CT molecular complexity index is 531. The summed E-state index contributed by atoms with van der Waals surface area (Å²) in [6.07, 6.45) is 1.65. The quantitative estimate of drug-likeness (QED) is 0.593. The van der Waals surface area contributed by atoms with E-state index < -0.39 is 0 Å². The fraction of sp³-hybridized carbons (Fsp3) is 0.286. The van der Waals surface area contributed by atoms with Crippen molar-refractivity contribution in [3.63, 3.8) is 0 Å². The second-order valence-corrected chi connectivity index (χ2v) is 4.00. The molecule has 0 aliphatic rings. The van der Waals surface area contributed by atoms with Crippen LogP contribution in [0.3, 0.4) is 0 Å². The van der Waals surface area contributed by atoms with Gasteiger partial charge >= 0.3 is 0 Å². The van der Waals surface area contributed by atoms with Gasteiger partial charge in [-0.1, -0.05) is 0 Å². The molecular formula is C14H18N4O2. The summed E-state index contributed by atoms with van der Waals surface area (Å²) < 4.78 is 10.9. The number of hydrogen-bond acceptors (Lipinski definition) is 6. The minimum absolute atomic E-state index is 0.506. The van der Waals surface area contributed by atoms with E-state index in [1.807, 2.05) is 19.1 Å². The molecule has 20 heavy (non-hydrogen) atoms. The number of benzene rings is 1. The molecule has 0 radical (unpaired) electrons. The molecule has 0 aliphatic carbocycles. The van der Waals surface area contributed by atoms with E-state index in [-0.39, 0.29) is 0 Å². The molecule has 0 amide bonds. The third kappa shape index (κ3) is 4.31. The Balaban J connectivity index is 1.75. The van der Waals surface area contributed by atoms with Crippen molar-refractivity contribution in [1.82, 2.24) is 9.97 Å². The Kier molecular flexibility index (Phi) is 5.00. The van der Waals surface area contributed by atoms with Gasteiger partial charge in [-0.3, -0.25) is 0 Å². The number of ether oxygens (including phenoxy) is 2. The Morgan fingerprint density at radius 2 is 1.95 bits per heavy atom. The second kappa shape index (κ2) is 7.18. The molecule has 0 atom stereocenters. The van der Waals surface area contributed by atoms with Crippen molar-refractivity contribution < 1.29 is 9.47 Å². The number of nitrogens with one attached hydrogen (secondary N) is 1. The van der Waals surface area contributed by atoms with Crippen LogP contribution in [0.1, 0.15) is 6.92 Å². The average molecular weight is 274 g/mol. The van der Waals surface area contributed by atoms with Gasteiger partial charge in [0, 0.05) is 18.0 Å². The van der Waals surface area contributed by atoms with Crippen LogP contribution in [0.5, 0.6) is 11.6 Å². The van der Waals surface area contributed by atoms with Crippen LogP contribution in [-0.4, -0.2) is 29.7 Å². The molecule has 0 unspecified atom stereocenters. The minimum Gasteiger partial charge on any atom is -0.492 e. The number of rotatable bonds is 7. The van der Waals surface area contributed by atoms with E-state index in [0.29, 0.717) is 31.6 Å². The molecule has 2 rings (SSSR count). The van der Waals surface area contributed by atoms with Gasteiger partial charge in [-0.2, -0.15) is 4.98 Å². The zero-order chi connectivity index (χ0) is 14.2. The fourth-order valence-corrected chi connectivity index (χ4v) is 1.55. The average Bonchev–Trinajstić information content (AvgIpc) is 2.46. The van der Waals surface area contributed by atoms with Gasteiger partial charge in [0.25, 0.3) is 0 Å². The number of nitrogens with two attached hydrogens (primary N) is 1. The first-order valence-electron chi connectivity index (χ1n) is 6.46. The third-order valence-electron chi connectivity index (χ3n) is 2.46. The number of aromatic nitrogens is 2. The van der Waals surface area contributed by atoms with E-state index in [2.05, 4.69) is 15.3 Å². The van der Waals surface area contributed by atoms with Gasteiger partial charge in [0.05, 0.1) is 13.2 Å². The largest absolute Gasteiger partial charge is 0.492 e. The summed E-state index contributed by atoms with van der Waals surface area (Å²) in [5.41, 5.74) is 6.32. The van der Waals surface area contributed by atoms with Gasteiger partial charge < -0.3 is 20.5 Å². The Labute approximate surface area is 118 Å². The van der Waals surface area contributed by atoms with Gasteiger partial charge in [-0.05, 0) is 31.2 Å². The molecule has 1 aromatic heterocycles. The van der Waals surface area contributed by atoms with Crippen LogP contribution in [0, 0.1) is 0 Å². The predicted octanol–water partition coefficient (Wildman–Crippen LogP) is 1.95. The van der Waals surface area contributed by atoms with Gasteiger partial charge in [-0.25, -0.2) is 4.98 Å².